The third-order valence-electron chi connectivity index (χ3n) is 6.91. The Kier molecular flexibility index (Phi) is 7.37. The van der Waals surface area contributed by atoms with E-state index in [-0.39, 0.29) is 12.3 Å². The standard InChI is InChI=1S/C26H35N7O3S/c1-4-12-37-25-28-22(27-16-10-11-16)19-23(29-25)33(32-31-19)18-13-17(20(34)21(18)35)24(36)30-26(2,3)14-15-8-6-5-7-9-15/h5-9,16-18,20-21,34-35H,4,10-14H2,1-3H3,(H,30,36)(H,27,28,29). The molecule has 2 aromatic heterocycles. The van der Waals surface area contributed by atoms with Gasteiger partial charge in [0.2, 0.25) is 5.91 Å². The maximum absolute atomic E-state index is 13.3. The van der Waals surface area contributed by atoms with E-state index in [9.17, 15) is 15.0 Å². The Hall–Kier alpha value is -2.76. The molecule has 1 aromatic carbocycles. The van der Waals surface area contributed by atoms with Crippen LogP contribution in [0.2, 0.25) is 0 Å². The second-order valence-corrected chi connectivity index (χ2v) is 11.8. The van der Waals surface area contributed by atoms with E-state index in [1.807, 2.05) is 44.2 Å². The van der Waals surface area contributed by atoms with Crippen molar-refractivity contribution in [3.63, 3.8) is 0 Å². The topological polar surface area (TPSA) is 138 Å². The van der Waals surface area contributed by atoms with Crippen LogP contribution in [0.5, 0.6) is 0 Å². The van der Waals surface area contributed by atoms with E-state index in [2.05, 4.69) is 32.9 Å². The summed E-state index contributed by atoms with van der Waals surface area (Å²) < 4.78 is 1.56. The molecule has 0 spiro atoms. The van der Waals surface area contributed by atoms with Gasteiger partial charge in [0.15, 0.2) is 22.1 Å². The fourth-order valence-electron chi connectivity index (χ4n) is 4.90. The van der Waals surface area contributed by atoms with Gasteiger partial charge in [-0.2, -0.15) is 0 Å². The van der Waals surface area contributed by atoms with E-state index in [1.165, 1.54) is 0 Å². The molecular weight excluding hydrogens is 490 g/mol. The van der Waals surface area contributed by atoms with Crippen molar-refractivity contribution >= 4 is 34.7 Å². The SMILES string of the molecule is CCCSc1nc(NC2CC2)c2nnn(C3CC(C(=O)NC(C)(C)Cc4ccccc4)C(O)C3O)c2n1. The van der Waals surface area contributed by atoms with Crippen molar-refractivity contribution in [1.82, 2.24) is 30.3 Å². The van der Waals surface area contributed by atoms with Crippen LogP contribution in [0.1, 0.15) is 58.1 Å². The number of hydrogen-bond acceptors (Lipinski definition) is 9. The number of anilines is 1. The van der Waals surface area contributed by atoms with Gasteiger partial charge in [-0.05, 0) is 51.5 Å². The Labute approximate surface area is 220 Å². The van der Waals surface area contributed by atoms with Crippen LogP contribution in [0.3, 0.4) is 0 Å². The molecule has 4 unspecified atom stereocenters. The van der Waals surface area contributed by atoms with Gasteiger partial charge < -0.3 is 20.8 Å². The van der Waals surface area contributed by atoms with Crippen LogP contribution in [0.25, 0.3) is 11.2 Å². The lowest BCUT2D eigenvalue weighted by molar-refractivity contribution is -0.130. The van der Waals surface area contributed by atoms with E-state index < -0.39 is 29.7 Å². The molecule has 5 rings (SSSR count). The first kappa shape index (κ1) is 25.9. The van der Waals surface area contributed by atoms with Crippen molar-refractivity contribution in [1.29, 1.82) is 0 Å². The number of carbonyl (C=O) groups is 1. The zero-order valence-electron chi connectivity index (χ0n) is 21.5. The molecule has 3 aromatic rings. The predicted molar refractivity (Wildman–Crippen MR) is 142 cm³/mol. The number of thioether (sulfide) groups is 1. The van der Waals surface area contributed by atoms with Gasteiger partial charge in [0.1, 0.15) is 6.10 Å². The number of aliphatic hydroxyl groups excluding tert-OH is 2. The van der Waals surface area contributed by atoms with Crippen LogP contribution >= 0.6 is 11.8 Å². The molecule has 0 saturated heterocycles. The van der Waals surface area contributed by atoms with Crippen LogP contribution in [-0.4, -0.2) is 70.6 Å². The van der Waals surface area contributed by atoms with Crippen LogP contribution in [-0.2, 0) is 11.2 Å². The molecule has 4 N–H and O–H groups in total. The molecule has 2 fully saturated rings. The molecule has 11 heteroatoms. The van der Waals surface area contributed by atoms with E-state index in [0.717, 1.165) is 30.6 Å². The number of rotatable bonds is 10. The highest BCUT2D eigenvalue weighted by Crippen LogP contribution is 2.38. The molecule has 2 aliphatic rings. The highest BCUT2D eigenvalue weighted by atomic mass is 32.2. The van der Waals surface area contributed by atoms with Crippen molar-refractivity contribution in [2.75, 3.05) is 11.1 Å². The first-order valence-electron chi connectivity index (χ1n) is 13.0. The molecule has 0 aliphatic heterocycles. The summed E-state index contributed by atoms with van der Waals surface area (Å²) in [6.07, 6.45) is 1.62. The van der Waals surface area contributed by atoms with Gasteiger partial charge in [-0.3, -0.25) is 4.79 Å². The van der Waals surface area contributed by atoms with Gasteiger partial charge in [0.25, 0.3) is 0 Å². The zero-order valence-corrected chi connectivity index (χ0v) is 22.3. The number of aliphatic hydroxyl groups is 2. The number of fused-ring (bicyclic) bond motifs is 1. The number of amides is 1. The van der Waals surface area contributed by atoms with Crippen molar-refractivity contribution < 1.29 is 15.0 Å². The van der Waals surface area contributed by atoms with Gasteiger partial charge in [-0.15, -0.1) is 5.10 Å². The molecule has 2 aliphatic carbocycles. The van der Waals surface area contributed by atoms with E-state index in [4.69, 9.17) is 4.98 Å². The van der Waals surface area contributed by atoms with Gasteiger partial charge in [-0.25, -0.2) is 14.6 Å². The molecule has 2 heterocycles. The van der Waals surface area contributed by atoms with E-state index in [0.29, 0.717) is 34.6 Å². The van der Waals surface area contributed by atoms with Crippen molar-refractivity contribution in [3.05, 3.63) is 35.9 Å². The second kappa shape index (κ2) is 10.5. The second-order valence-electron chi connectivity index (χ2n) is 10.8. The zero-order chi connectivity index (χ0) is 26.2. The number of benzene rings is 1. The molecule has 2 saturated carbocycles. The Morgan fingerprint density at radius 2 is 1.92 bits per heavy atom. The summed E-state index contributed by atoms with van der Waals surface area (Å²) in [6.45, 7) is 6.01. The maximum Gasteiger partial charge on any atom is 0.226 e. The normalized spacial score (nSPS) is 23.9. The number of carbonyl (C=O) groups excluding carboxylic acids is 1. The third kappa shape index (κ3) is 5.73. The molecular formula is C26H35N7O3S. The molecule has 4 atom stereocenters. The average Bonchev–Trinajstić information content (AvgIpc) is 3.50. The van der Waals surface area contributed by atoms with Crippen LogP contribution in [0, 0.1) is 5.92 Å². The van der Waals surface area contributed by atoms with Crippen LogP contribution < -0.4 is 10.6 Å². The van der Waals surface area contributed by atoms with Gasteiger partial charge in [-0.1, -0.05) is 54.2 Å². The molecule has 0 bridgehead atoms. The molecule has 198 valence electrons. The highest BCUT2D eigenvalue weighted by Gasteiger charge is 2.48. The van der Waals surface area contributed by atoms with Crippen LogP contribution in [0.15, 0.2) is 35.5 Å². The lowest BCUT2D eigenvalue weighted by atomic mass is 9.93. The Morgan fingerprint density at radius 3 is 2.62 bits per heavy atom. The monoisotopic (exact) mass is 525 g/mol. The summed E-state index contributed by atoms with van der Waals surface area (Å²) in [7, 11) is 0. The molecule has 1 amide bonds. The number of nitrogens with one attached hydrogen (secondary N) is 2. The fourth-order valence-corrected chi connectivity index (χ4v) is 5.59. The summed E-state index contributed by atoms with van der Waals surface area (Å²) in [4.78, 5) is 22.6. The van der Waals surface area contributed by atoms with Crippen molar-refractivity contribution in [2.45, 2.75) is 87.9 Å². The number of hydrogen-bond donors (Lipinski definition) is 4. The Bertz CT molecular complexity index is 1250. The third-order valence-corrected chi connectivity index (χ3v) is 7.96. The summed E-state index contributed by atoms with van der Waals surface area (Å²) in [5.74, 6) is 0.447. The predicted octanol–water partition coefficient (Wildman–Crippen LogP) is 2.72. The lowest BCUT2D eigenvalue weighted by Crippen LogP contribution is -2.49. The maximum atomic E-state index is 13.3. The lowest BCUT2D eigenvalue weighted by Gasteiger charge is -2.29. The van der Waals surface area contributed by atoms with E-state index >= 15 is 0 Å². The highest BCUT2D eigenvalue weighted by molar-refractivity contribution is 7.99. The first-order chi connectivity index (χ1) is 17.8. The largest absolute Gasteiger partial charge is 0.390 e. The Balaban J connectivity index is 1.37. The molecule has 10 nitrogen and oxygen atoms in total. The summed E-state index contributed by atoms with van der Waals surface area (Å²) in [5, 5.41) is 37.6. The molecule has 37 heavy (non-hydrogen) atoms. The minimum Gasteiger partial charge on any atom is -0.390 e. The van der Waals surface area contributed by atoms with Crippen LogP contribution in [0.4, 0.5) is 5.82 Å². The average molecular weight is 526 g/mol. The van der Waals surface area contributed by atoms with E-state index in [1.54, 1.807) is 16.4 Å². The van der Waals surface area contributed by atoms with Gasteiger partial charge >= 0.3 is 0 Å². The summed E-state index contributed by atoms with van der Waals surface area (Å²) in [5.41, 5.74) is 1.62. The summed E-state index contributed by atoms with van der Waals surface area (Å²) >= 11 is 1.56. The van der Waals surface area contributed by atoms with Gasteiger partial charge in [0, 0.05) is 17.3 Å². The first-order valence-corrected chi connectivity index (χ1v) is 14.0. The van der Waals surface area contributed by atoms with Crippen molar-refractivity contribution in [3.8, 4) is 0 Å². The minimum absolute atomic E-state index is 0.223. The minimum atomic E-state index is -1.23. The quantitative estimate of drug-likeness (QED) is 0.232. The number of nitrogens with zero attached hydrogens (tertiary/aromatic N) is 5. The molecule has 0 radical (unpaired) electrons. The smallest absolute Gasteiger partial charge is 0.226 e. The van der Waals surface area contributed by atoms with Gasteiger partial charge in [0.05, 0.1) is 18.1 Å². The fraction of sp³-hybridized carbons (Fsp3) is 0.577. The summed E-state index contributed by atoms with van der Waals surface area (Å²) in [6, 6.07) is 9.68. The Morgan fingerprint density at radius 1 is 1.16 bits per heavy atom. The van der Waals surface area contributed by atoms with Crippen molar-refractivity contribution in [2.24, 2.45) is 5.92 Å². The number of aromatic nitrogens is 5.